The molecule has 1 heterocycles. The average molecular weight is 282 g/mol. The van der Waals surface area contributed by atoms with Gasteiger partial charge in [-0.05, 0) is 23.8 Å². The molecule has 0 saturated heterocycles. The monoisotopic (exact) mass is 282 g/mol. The molecule has 0 spiro atoms. The third kappa shape index (κ3) is 2.21. The molecule has 0 aliphatic carbocycles. The number of benzene rings is 2. The van der Waals surface area contributed by atoms with Gasteiger partial charge in [0, 0.05) is 23.0 Å². The van der Waals surface area contributed by atoms with E-state index in [0.29, 0.717) is 12.2 Å². The van der Waals surface area contributed by atoms with Crippen LogP contribution in [-0.4, -0.2) is 9.96 Å². The summed E-state index contributed by atoms with van der Waals surface area (Å²) in [7, 11) is -2.48. The number of nitrogens with zero attached hydrogens (tertiary/aromatic N) is 2. The minimum absolute atomic E-state index is 0.0126. The Labute approximate surface area is 119 Å². The van der Waals surface area contributed by atoms with E-state index in [1.165, 1.54) is 0 Å². The van der Waals surface area contributed by atoms with E-state index < -0.39 is 9.73 Å². The molecule has 2 atom stereocenters. The third-order valence-corrected chi connectivity index (χ3v) is 5.85. The summed E-state index contributed by atoms with van der Waals surface area (Å²) < 4.78 is 17.7. The Hall–Kier alpha value is -2.12. The lowest BCUT2D eigenvalue weighted by molar-refractivity contribution is 0.663. The van der Waals surface area contributed by atoms with Gasteiger partial charge in [0.25, 0.3) is 0 Å². The van der Waals surface area contributed by atoms with E-state index in [1.807, 2.05) is 54.6 Å². The fourth-order valence-electron chi connectivity index (χ4n) is 2.54. The van der Waals surface area contributed by atoms with Gasteiger partial charge in [-0.15, -0.1) is 0 Å². The molecule has 0 fully saturated rings. The highest BCUT2D eigenvalue weighted by Gasteiger charge is 2.27. The molecule has 3 nitrogen and oxygen atoms in total. The van der Waals surface area contributed by atoms with Crippen molar-refractivity contribution in [3.8, 4) is 6.07 Å². The van der Waals surface area contributed by atoms with Gasteiger partial charge in [0.2, 0.25) is 0 Å². The second kappa shape index (κ2) is 5.10. The van der Waals surface area contributed by atoms with Crippen molar-refractivity contribution in [1.82, 2.24) is 0 Å². The van der Waals surface area contributed by atoms with Gasteiger partial charge in [-0.2, -0.15) is 9.62 Å². The lowest BCUT2D eigenvalue weighted by atomic mass is 9.96. The first kappa shape index (κ1) is 12.9. The van der Waals surface area contributed by atoms with Gasteiger partial charge in [-0.1, -0.05) is 36.4 Å². The number of hydrogen-bond acceptors (Lipinski definition) is 3. The molecule has 1 aliphatic rings. The number of nitriles is 1. The van der Waals surface area contributed by atoms with Crippen LogP contribution in [0.15, 0.2) is 63.9 Å². The Kier molecular flexibility index (Phi) is 3.29. The summed E-state index contributed by atoms with van der Waals surface area (Å²) in [5.41, 5.74) is 1.79. The zero-order valence-electron chi connectivity index (χ0n) is 10.9. The van der Waals surface area contributed by atoms with Crippen molar-refractivity contribution in [2.24, 2.45) is 4.36 Å². The summed E-state index contributed by atoms with van der Waals surface area (Å²) in [6.07, 6.45) is 0.371. The molecular formula is C16H14N2OS. The molecule has 0 unspecified atom stereocenters. The van der Waals surface area contributed by atoms with Crippen LogP contribution in [0.3, 0.4) is 0 Å². The summed E-state index contributed by atoms with van der Waals surface area (Å²) >= 11 is 0. The van der Waals surface area contributed by atoms with Crippen molar-refractivity contribution >= 4 is 15.4 Å². The quantitative estimate of drug-likeness (QED) is 0.840. The van der Waals surface area contributed by atoms with Gasteiger partial charge >= 0.3 is 0 Å². The maximum atomic E-state index is 13.2. The Morgan fingerprint density at radius 1 is 1.15 bits per heavy atom. The van der Waals surface area contributed by atoms with E-state index in [0.717, 1.165) is 16.1 Å². The van der Waals surface area contributed by atoms with Gasteiger partial charge < -0.3 is 0 Å². The molecule has 2 aromatic carbocycles. The summed E-state index contributed by atoms with van der Waals surface area (Å²) in [4.78, 5) is 0.748. The fourth-order valence-corrected chi connectivity index (χ4v) is 4.82. The third-order valence-electron chi connectivity index (χ3n) is 3.50. The summed E-state index contributed by atoms with van der Waals surface area (Å²) in [5.74, 6) is 0.406. The average Bonchev–Trinajstić information content (AvgIpc) is 2.48. The second-order valence-corrected chi connectivity index (χ2v) is 7.10. The highest BCUT2D eigenvalue weighted by atomic mass is 32.2. The SMILES string of the molecule is N#CC[C@@H]1C[S@](=O)(c2ccccc2)=Nc2ccccc21. The van der Waals surface area contributed by atoms with Crippen molar-refractivity contribution < 1.29 is 4.21 Å². The van der Waals surface area contributed by atoms with Gasteiger partial charge in [-0.25, -0.2) is 4.21 Å². The van der Waals surface area contributed by atoms with Crippen LogP contribution in [0.4, 0.5) is 5.69 Å². The van der Waals surface area contributed by atoms with Crippen LogP contribution in [0, 0.1) is 11.3 Å². The number of fused-ring (bicyclic) bond motifs is 1. The Morgan fingerprint density at radius 2 is 1.85 bits per heavy atom. The lowest BCUT2D eigenvalue weighted by Crippen LogP contribution is -2.18. The fraction of sp³-hybridized carbons (Fsp3) is 0.188. The highest BCUT2D eigenvalue weighted by molar-refractivity contribution is 7.93. The van der Waals surface area contributed by atoms with Crippen molar-refractivity contribution in [2.45, 2.75) is 17.2 Å². The molecule has 20 heavy (non-hydrogen) atoms. The second-order valence-electron chi connectivity index (χ2n) is 4.83. The minimum atomic E-state index is -2.48. The van der Waals surface area contributed by atoms with E-state index >= 15 is 0 Å². The first-order valence-electron chi connectivity index (χ1n) is 6.49. The van der Waals surface area contributed by atoms with Crippen molar-refractivity contribution in [3.63, 3.8) is 0 Å². The topological polar surface area (TPSA) is 53.2 Å². The zero-order chi connectivity index (χ0) is 14.0. The molecule has 0 radical (unpaired) electrons. The zero-order valence-corrected chi connectivity index (χ0v) is 11.7. The first-order valence-corrected chi connectivity index (χ1v) is 8.17. The number of rotatable bonds is 2. The minimum Gasteiger partial charge on any atom is -0.244 e. The molecule has 0 aromatic heterocycles. The molecule has 0 bridgehead atoms. The summed E-state index contributed by atoms with van der Waals surface area (Å²) in [6.45, 7) is 0. The molecule has 4 heteroatoms. The van der Waals surface area contributed by atoms with Crippen LogP contribution in [0.25, 0.3) is 0 Å². The van der Waals surface area contributed by atoms with E-state index in [9.17, 15) is 4.21 Å². The van der Waals surface area contributed by atoms with Gasteiger partial charge in [0.05, 0.1) is 21.5 Å². The molecule has 0 N–H and O–H groups in total. The Morgan fingerprint density at radius 3 is 2.60 bits per heavy atom. The lowest BCUT2D eigenvalue weighted by Gasteiger charge is -2.24. The van der Waals surface area contributed by atoms with Crippen LogP contribution >= 0.6 is 0 Å². The standard InChI is InChI=1S/C16H14N2OS/c17-11-10-13-12-20(19,14-6-2-1-3-7-14)18-16-9-5-4-8-15(13)16/h1-9,13H,10,12H2/t13-,20+/m1/s1. The molecule has 100 valence electrons. The van der Waals surface area contributed by atoms with Crippen molar-refractivity contribution in [3.05, 3.63) is 60.2 Å². The molecule has 1 aliphatic heterocycles. The largest absolute Gasteiger partial charge is 0.244 e. The Bertz CT molecular complexity index is 784. The van der Waals surface area contributed by atoms with Crippen LogP contribution in [-0.2, 0) is 9.73 Å². The van der Waals surface area contributed by atoms with E-state index in [-0.39, 0.29) is 5.92 Å². The predicted molar refractivity (Wildman–Crippen MR) is 79.2 cm³/mol. The van der Waals surface area contributed by atoms with E-state index in [4.69, 9.17) is 5.26 Å². The van der Waals surface area contributed by atoms with Gasteiger partial charge in [0.15, 0.2) is 0 Å². The molecule has 0 amide bonds. The highest BCUT2D eigenvalue weighted by Crippen LogP contribution is 2.38. The molecule has 2 aromatic rings. The molecule has 0 saturated carbocycles. The number of hydrogen-bond donors (Lipinski definition) is 0. The predicted octanol–water partition coefficient (Wildman–Crippen LogP) is 3.86. The van der Waals surface area contributed by atoms with Crippen LogP contribution in [0.1, 0.15) is 17.9 Å². The molecular weight excluding hydrogens is 268 g/mol. The van der Waals surface area contributed by atoms with Crippen molar-refractivity contribution in [2.75, 3.05) is 5.75 Å². The normalized spacial score (nSPS) is 24.2. The summed E-state index contributed by atoms with van der Waals surface area (Å²) in [6, 6.07) is 19.2. The van der Waals surface area contributed by atoms with Crippen LogP contribution in [0.2, 0.25) is 0 Å². The van der Waals surface area contributed by atoms with E-state index in [2.05, 4.69) is 10.4 Å². The van der Waals surface area contributed by atoms with Gasteiger partial charge in [0.1, 0.15) is 0 Å². The smallest absolute Gasteiger partial charge is 0.0807 e. The summed E-state index contributed by atoms with van der Waals surface area (Å²) in [5, 5.41) is 9.01. The maximum absolute atomic E-state index is 13.2. The van der Waals surface area contributed by atoms with Crippen LogP contribution in [0.5, 0.6) is 0 Å². The van der Waals surface area contributed by atoms with E-state index in [1.54, 1.807) is 0 Å². The Balaban J connectivity index is 2.18. The molecule has 3 rings (SSSR count). The van der Waals surface area contributed by atoms with Crippen molar-refractivity contribution in [1.29, 1.82) is 5.26 Å². The maximum Gasteiger partial charge on any atom is 0.0807 e. The van der Waals surface area contributed by atoms with Gasteiger partial charge in [-0.3, -0.25) is 0 Å². The van der Waals surface area contributed by atoms with Crippen LogP contribution < -0.4 is 0 Å². The first-order chi connectivity index (χ1) is 9.73.